The molecule has 0 aromatic heterocycles. The van der Waals surface area contributed by atoms with Crippen molar-refractivity contribution in [3.8, 4) is 0 Å². The van der Waals surface area contributed by atoms with Gasteiger partial charge in [-0.15, -0.1) is 0 Å². The van der Waals surface area contributed by atoms with Gasteiger partial charge in [0.25, 0.3) is 0 Å². The monoisotopic (exact) mass is 631 g/mol. The van der Waals surface area contributed by atoms with Crippen LogP contribution in [0.4, 0.5) is 35.1 Å². The van der Waals surface area contributed by atoms with Gasteiger partial charge in [0.05, 0.1) is 10.8 Å². The molecule has 42 heavy (non-hydrogen) atoms. The van der Waals surface area contributed by atoms with Crippen molar-refractivity contribution in [2.75, 3.05) is 33.9 Å². The first-order valence-corrected chi connectivity index (χ1v) is 12.6. The average Bonchev–Trinajstić information content (AvgIpc) is 2.86. The van der Waals surface area contributed by atoms with Gasteiger partial charge in [-0.2, -0.15) is 26.3 Å². The van der Waals surface area contributed by atoms with Crippen LogP contribution in [0, 0.1) is 16.7 Å². The molecule has 3 atom stereocenters. The molecule has 0 rings (SSSR count). The van der Waals surface area contributed by atoms with E-state index in [9.17, 15) is 59.4 Å². The molecular weight excluding hydrogens is 594 g/mol. The number of hydrogen-bond donors (Lipinski definition) is 1. The Labute approximate surface area is 237 Å². The van der Waals surface area contributed by atoms with Crippen molar-refractivity contribution < 1.29 is 73.6 Å². The Balaban J connectivity index is 6.15. The lowest BCUT2D eigenvalue weighted by atomic mass is 9.69. The van der Waals surface area contributed by atoms with E-state index < -0.39 is 104 Å². The molecule has 0 aromatic rings. The normalized spacial score (nSPS) is 15.8. The maximum atomic E-state index is 14.1. The highest BCUT2D eigenvalue weighted by atomic mass is 19.4. The number of carbonyl (C=O) groups excluding carboxylic acids is 4. The molecule has 0 heterocycles. The van der Waals surface area contributed by atoms with E-state index in [2.05, 4.69) is 9.47 Å². The molecule has 3 unspecified atom stereocenters. The number of rotatable bonds is 17. The Morgan fingerprint density at radius 1 is 0.857 bits per heavy atom. The molecule has 0 fully saturated rings. The third-order valence-corrected chi connectivity index (χ3v) is 6.28. The molecule has 0 aliphatic heterocycles. The van der Waals surface area contributed by atoms with Crippen molar-refractivity contribution in [2.45, 2.75) is 84.2 Å². The average molecular weight is 632 g/mol. The van der Waals surface area contributed by atoms with Crippen molar-refractivity contribution in [1.29, 1.82) is 0 Å². The zero-order chi connectivity index (χ0) is 33.5. The van der Waals surface area contributed by atoms with Crippen LogP contribution in [0.3, 0.4) is 0 Å². The van der Waals surface area contributed by atoms with Gasteiger partial charge in [-0.1, -0.05) is 6.92 Å². The van der Waals surface area contributed by atoms with Crippen LogP contribution in [-0.2, 0) is 33.4 Å². The van der Waals surface area contributed by atoms with Crippen molar-refractivity contribution >= 4 is 23.8 Å². The Hall–Kier alpha value is -2.72. The lowest BCUT2D eigenvalue weighted by Crippen LogP contribution is -2.59. The summed E-state index contributed by atoms with van der Waals surface area (Å²) < 4.78 is 121. The highest BCUT2D eigenvalue weighted by Crippen LogP contribution is 2.49. The van der Waals surface area contributed by atoms with Crippen LogP contribution in [0.5, 0.6) is 0 Å². The second kappa shape index (κ2) is 14.6. The predicted molar refractivity (Wildman–Crippen MR) is 129 cm³/mol. The summed E-state index contributed by atoms with van der Waals surface area (Å²) in [6.45, 7) is 2.17. The summed E-state index contributed by atoms with van der Waals surface area (Å²) in [7, 11) is 2.74. The lowest BCUT2D eigenvalue weighted by molar-refractivity contribution is -0.344. The molecule has 1 amide bonds. The van der Waals surface area contributed by atoms with E-state index in [4.69, 9.17) is 4.74 Å². The zero-order valence-corrected chi connectivity index (χ0v) is 24.3. The molecule has 0 saturated heterocycles. The van der Waals surface area contributed by atoms with Crippen molar-refractivity contribution in [3.63, 3.8) is 0 Å². The summed E-state index contributed by atoms with van der Waals surface area (Å²) in [5, 5.41) is 9.80. The van der Waals surface area contributed by atoms with Gasteiger partial charge in [0, 0.05) is 26.9 Å². The van der Waals surface area contributed by atoms with Gasteiger partial charge in [0.2, 0.25) is 5.91 Å². The summed E-state index contributed by atoms with van der Waals surface area (Å²) >= 11 is 0. The summed E-state index contributed by atoms with van der Waals surface area (Å²) in [5.74, 6) is -24.1. The van der Waals surface area contributed by atoms with Gasteiger partial charge >= 0.3 is 42.1 Å². The van der Waals surface area contributed by atoms with Crippen LogP contribution in [-0.4, -0.2) is 98.0 Å². The summed E-state index contributed by atoms with van der Waals surface area (Å²) in [6, 6.07) is 0. The summed E-state index contributed by atoms with van der Waals surface area (Å²) in [4.78, 5) is 50.5. The van der Waals surface area contributed by atoms with Gasteiger partial charge in [0.15, 0.2) is 6.61 Å². The zero-order valence-electron chi connectivity index (χ0n) is 24.3. The first-order valence-electron chi connectivity index (χ1n) is 12.6. The number of hydrogen-bond acceptors (Lipinski definition) is 8. The minimum absolute atomic E-state index is 0.0714. The van der Waals surface area contributed by atoms with Crippen molar-refractivity contribution in [2.24, 2.45) is 16.7 Å². The molecule has 9 nitrogen and oxygen atoms in total. The Morgan fingerprint density at radius 2 is 1.36 bits per heavy atom. The molecule has 0 bridgehead atoms. The van der Waals surface area contributed by atoms with Gasteiger partial charge in [-0.05, 0) is 40.0 Å². The number of nitrogens with zero attached hydrogens (tertiary/aromatic N) is 1. The fraction of sp³-hybridized carbons (Fsp3) is 0.840. The molecule has 0 spiro atoms. The first kappa shape index (κ1) is 39.3. The van der Waals surface area contributed by atoms with Gasteiger partial charge in [-0.25, -0.2) is 8.78 Å². The van der Waals surface area contributed by atoms with E-state index in [1.54, 1.807) is 0 Å². The topological polar surface area (TPSA) is 119 Å². The Bertz CT molecular complexity index is 961. The number of halogens is 8. The van der Waals surface area contributed by atoms with Crippen LogP contribution < -0.4 is 0 Å². The maximum absolute atomic E-state index is 14.1. The number of esters is 3. The minimum atomic E-state index is -6.62. The number of aliphatic hydroxyl groups excluding tert-OH is 1. The summed E-state index contributed by atoms with van der Waals surface area (Å²) in [5.41, 5.74) is -3.80. The largest absolute Gasteiger partial charge is 0.463 e. The lowest BCUT2D eigenvalue weighted by Gasteiger charge is -2.37. The molecule has 0 aliphatic carbocycles. The number of amides is 1. The van der Waals surface area contributed by atoms with Gasteiger partial charge < -0.3 is 24.2 Å². The van der Waals surface area contributed by atoms with E-state index >= 15 is 0 Å². The van der Waals surface area contributed by atoms with Gasteiger partial charge in [-0.3, -0.25) is 19.2 Å². The van der Waals surface area contributed by atoms with Gasteiger partial charge in [0.1, 0.15) is 19.3 Å². The number of alkyl halides is 8. The minimum Gasteiger partial charge on any atom is -0.463 e. The molecular formula is C25H37F8NO8. The van der Waals surface area contributed by atoms with E-state index in [-0.39, 0.29) is 6.42 Å². The van der Waals surface area contributed by atoms with E-state index in [1.807, 2.05) is 0 Å². The van der Waals surface area contributed by atoms with E-state index in [0.717, 1.165) is 18.7 Å². The standard InChI is InChI=1S/C25H37F8NO8/c1-8-15(17(37)34(6)7)9-22(5,12-21(3,4)19(38)41-11-16(36)10-40-14(2)35)20(39)42-13-23(28,29)25(32,33)24(30,31)18(26)27/h15-16,18,36H,8-13H2,1-7H3. The summed E-state index contributed by atoms with van der Waals surface area (Å²) in [6.07, 6.45) is -7.67. The highest BCUT2D eigenvalue weighted by molar-refractivity contribution is 5.83. The molecule has 0 radical (unpaired) electrons. The Morgan fingerprint density at radius 3 is 1.79 bits per heavy atom. The van der Waals surface area contributed by atoms with Crippen LogP contribution in [0.25, 0.3) is 0 Å². The second-order valence-corrected chi connectivity index (χ2v) is 11.0. The smallest absolute Gasteiger partial charge is 0.381 e. The fourth-order valence-corrected chi connectivity index (χ4v) is 4.02. The SMILES string of the molecule is CCC(CC(C)(CC(C)(C)C(=O)OCC(O)COC(C)=O)C(=O)OCC(F)(F)C(F)(F)C(F)(F)C(F)F)C(=O)N(C)C. The Kier molecular flexibility index (Phi) is 13.7. The molecule has 0 aromatic carbocycles. The molecule has 246 valence electrons. The molecule has 0 aliphatic rings. The van der Waals surface area contributed by atoms with Crippen LogP contribution >= 0.6 is 0 Å². The first-order chi connectivity index (χ1) is 18.8. The molecule has 1 N–H and O–H groups in total. The van der Waals surface area contributed by atoms with Crippen molar-refractivity contribution in [3.05, 3.63) is 0 Å². The number of ether oxygens (including phenoxy) is 3. The van der Waals surface area contributed by atoms with E-state index in [0.29, 0.717) is 0 Å². The van der Waals surface area contributed by atoms with Crippen LogP contribution in [0.2, 0.25) is 0 Å². The van der Waals surface area contributed by atoms with E-state index in [1.165, 1.54) is 34.9 Å². The third kappa shape index (κ3) is 9.93. The third-order valence-electron chi connectivity index (χ3n) is 6.28. The molecule has 0 saturated carbocycles. The number of aliphatic hydroxyl groups is 1. The fourth-order valence-electron chi connectivity index (χ4n) is 4.02. The number of carbonyl (C=O) groups is 4. The molecule has 17 heteroatoms. The quantitative estimate of drug-likeness (QED) is 0.145. The van der Waals surface area contributed by atoms with Crippen molar-refractivity contribution in [1.82, 2.24) is 4.90 Å². The van der Waals surface area contributed by atoms with Crippen LogP contribution in [0.15, 0.2) is 0 Å². The second-order valence-electron chi connectivity index (χ2n) is 11.0. The predicted octanol–water partition coefficient (Wildman–Crippen LogP) is 4.09. The van der Waals surface area contributed by atoms with Crippen LogP contribution in [0.1, 0.15) is 53.9 Å². The highest BCUT2D eigenvalue weighted by Gasteiger charge is 2.75. The maximum Gasteiger partial charge on any atom is 0.381 e.